The van der Waals surface area contributed by atoms with Gasteiger partial charge in [0.1, 0.15) is 16.8 Å². The molecule has 1 fully saturated rings. The Bertz CT molecular complexity index is 2700. The molecule has 3 nitrogen and oxygen atoms in total. The van der Waals surface area contributed by atoms with Gasteiger partial charge in [0.15, 0.2) is 16.6 Å². The van der Waals surface area contributed by atoms with E-state index in [0.29, 0.717) is 23.2 Å². The molecular weight excluding hydrogens is 681 g/mol. The van der Waals surface area contributed by atoms with Crippen molar-refractivity contribution in [3.05, 3.63) is 144 Å². The zero-order valence-corrected chi connectivity index (χ0v) is 34.4. The van der Waals surface area contributed by atoms with E-state index >= 15 is 0 Å². The highest BCUT2D eigenvalue weighted by Gasteiger charge is 2.34. The molecular formula is C53H55N2O+. The third kappa shape index (κ3) is 6.08. The molecule has 2 heterocycles. The zero-order chi connectivity index (χ0) is 38.9. The van der Waals surface area contributed by atoms with E-state index < -0.39 is 0 Å². The Morgan fingerprint density at radius 1 is 0.661 bits per heavy atom. The summed E-state index contributed by atoms with van der Waals surface area (Å²) in [5.74, 6) is 2.46. The molecule has 0 aliphatic heterocycles. The van der Waals surface area contributed by atoms with Crippen LogP contribution in [0.25, 0.3) is 72.3 Å². The van der Waals surface area contributed by atoms with Crippen LogP contribution in [0.2, 0.25) is 0 Å². The van der Waals surface area contributed by atoms with Crippen molar-refractivity contribution in [2.24, 2.45) is 12.5 Å². The van der Waals surface area contributed by atoms with E-state index in [4.69, 9.17) is 4.42 Å². The smallest absolute Gasteiger partial charge is 0.299 e. The van der Waals surface area contributed by atoms with E-state index in [1.165, 1.54) is 81.3 Å². The normalized spacial score (nSPS) is 14.9. The van der Waals surface area contributed by atoms with Crippen molar-refractivity contribution in [3.63, 3.8) is 0 Å². The van der Waals surface area contributed by atoms with Gasteiger partial charge in [-0.05, 0) is 108 Å². The number of para-hydroxylation sites is 3. The first kappa shape index (κ1) is 36.2. The molecule has 0 saturated heterocycles. The SMILES string of the molecule is Cc1ccc2c(oc3c(-c4ccc(C5CCC(C)(C)CC5)cc4)cc(-c4ccccc4)cc32)c1-c1n(-c2c(C(C)C)cccc2C(C)C)c2ccccc2[n+]1C. The Labute approximate surface area is 332 Å². The highest BCUT2D eigenvalue weighted by Crippen LogP contribution is 2.46. The van der Waals surface area contributed by atoms with Gasteiger partial charge < -0.3 is 4.42 Å². The summed E-state index contributed by atoms with van der Waals surface area (Å²) >= 11 is 0. The summed E-state index contributed by atoms with van der Waals surface area (Å²) in [7, 11) is 2.22. The second kappa shape index (κ2) is 14.0. The van der Waals surface area contributed by atoms with Crippen molar-refractivity contribution in [2.45, 2.75) is 91.9 Å². The van der Waals surface area contributed by atoms with E-state index in [0.717, 1.165) is 38.9 Å². The second-order valence-corrected chi connectivity index (χ2v) is 17.9. The maximum absolute atomic E-state index is 7.34. The van der Waals surface area contributed by atoms with Crippen molar-refractivity contribution >= 4 is 33.0 Å². The molecule has 1 saturated carbocycles. The number of fused-ring (bicyclic) bond motifs is 4. The predicted octanol–water partition coefficient (Wildman–Crippen LogP) is 14.6. The topological polar surface area (TPSA) is 21.9 Å². The Morgan fingerprint density at radius 3 is 2.00 bits per heavy atom. The van der Waals surface area contributed by atoms with Crippen LogP contribution >= 0.6 is 0 Å². The molecule has 6 aromatic carbocycles. The fourth-order valence-corrected chi connectivity index (χ4v) is 9.59. The predicted molar refractivity (Wildman–Crippen MR) is 236 cm³/mol. The molecule has 2 aromatic heterocycles. The third-order valence-electron chi connectivity index (χ3n) is 12.9. The van der Waals surface area contributed by atoms with Crippen LogP contribution < -0.4 is 4.57 Å². The van der Waals surface area contributed by atoms with Gasteiger partial charge >= 0.3 is 0 Å². The van der Waals surface area contributed by atoms with Crippen LogP contribution in [0.1, 0.15) is 107 Å². The van der Waals surface area contributed by atoms with Gasteiger partial charge in [0, 0.05) is 27.5 Å². The second-order valence-electron chi connectivity index (χ2n) is 17.9. The molecule has 0 radical (unpaired) electrons. The van der Waals surface area contributed by atoms with E-state index in [2.05, 4.69) is 186 Å². The highest BCUT2D eigenvalue weighted by atomic mass is 16.3. The number of hydrogen-bond acceptors (Lipinski definition) is 1. The Kier molecular flexibility index (Phi) is 9.03. The summed E-state index contributed by atoms with van der Waals surface area (Å²) in [6, 6.07) is 45.2. The van der Waals surface area contributed by atoms with Crippen LogP contribution in [-0.2, 0) is 7.05 Å². The lowest BCUT2D eigenvalue weighted by molar-refractivity contribution is -0.633. The van der Waals surface area contributed by atoms with Crippen LogP contribution in [0.5, 0.6) is 0 Å². The number of nitrogens with zero attached hydrogens (tertiary/aromatic N) is 2. The number of imidazole rings is 1. The minimum atomic E-state index is 0.349. The molecule has 0 spiro atoms. The lowest BCUT2D eigenvalue weighted by Gasteiger charge is -2.34. The molecule has 0 bridgehead atoms. The van der Waals surface area contributed by atoms with Crippen molar-refractivity contribution in [2.75, 3.05) is 0 Å². The first-order chi connectivity index (χ1) is 27.0. The summed E-state index contributed by atoms with van der Waals surface area (Å²) in [5.41, 5.74) is 17.2. The minimum absolute atomic E-state index is 0.349. The van der Waals surface area contributed by atoms with E-state index in [1.807, 2.05) is 0 Å². The summed E-state index contributed by atoms with van der Waals surface area (Å²) in [5, 5.41) is 2.28. The number of rotatable bonds is 7. The lowest BCUT2D eigenvalue weighted by atomic mass is 9.71. The summed E-state index contributed by atoms with van der Waals surface area (Å²) in [4.78, 5) is 0. The molecule has 282 valence electrons. The largest absolute Gasteiger partial charge is 0.454 e. The number of benzene rings is 6. The van der Waals surface area contributed by atoms with Crippen molar-refractivity contribution < 1.29 is 8.98 Å². The van der Waals surface area contributed by atoms with Gasteiger partial charge in [0.2, 0.25) is 0 Å². The molecule has 1 aliphatic rings. The van der Waals surface area contributed by atoms with Gasteiger partial charge in [-0.25, -0.2) is 4.57 Å². The molecule has 3 heteroatoms. The molecule has 8 aromatic rings. The first-order valence-corrected chi connectivity index (χ1v) is 20.8. The summed E-state index contributed by atoms with van der Waals surface area (Å²) in [6.07, 6.45) is 5.11. The molecule has 0 atom stereocenters. The van der Waals surface area contributed by atoms with Crippen LogP contribution in [-0.4, -0.2) is 4.57 Å². The van der Waals surface area contributed by atoms with Gasteiger partial charge in [0.05, 0.1) is 7.05 Å². The molecule has 56 heavy (non-hydrogen) atoms. The number of furan rings is 1. The zero-order valence-electron chi connectivity index (χ0n) is 34.4. The summed E-state index contributed by atoms with van der Waals surface area (Å²) in [6.45, 7) is 16.3. The van der Waals surface area contributed by atoms with E-state index in [1.54, 1.807) is 0 Å². The molecule has 9 rings (SSSR count). The number of hydrogen-bond donors (Lipinski definition) is 0. The van der Waals surface area contributed by atoms with Gasteiger partial charge in [-0.2, -0.15) is 4.57 Å². The maximum atomic E-state index is 7.34. The molecule has 1 aliphatic carbocycles. The summed E-state index contributed by atoms with van der Waals surface area (Å²) < 4.78 is 12.3. The Morgan fingerprint density at radius 2 is 1.32 bits per heavy atom. The number of aromatic nitrogens is 2. The van der Waals surface area contributed by atoms with Crippen molar-refractivity contribution in [1.29, 1.82) is 0 Å². The van der Waals surface area contributed by atoms with Gasteiger partial charge in [0.25, 0.3) is 5.82 Å². The van der Waals surface area contributed by atoms with Gasteiger partial charge in [-0.3, -0.25) is 0 Å². The van der Waals surface area contributed by atoms with E-state index in [-0.39, 0.29) is 0 Å². The van der Waals surface area contributed by atoms with Gasteiger partial charge in [-0.15, -0.1) is 0 Å². The lowest BCUT2D eigenvalue weighted by Crippen LogP contribution is -2.30. The van der Waals surface area contributed by atoms with Crippen molar-refractivity contribution in [3.8, 4) is 39.3 Å². The fourth-order valence-electron chi connectivity index (χ4n) is 9.59. The highest BCUT2D eigenvalue weighted by molar-refractivity contribution is 6.14. The van der Waals surface area contributed by atoms with Crippen LogP contribution in [0, 0.1) is 12.3 Å². The van der Waals surface area contributed by atoms with E-state index in [9.17, 15) is 0 Å². The average molecular weight is 736 g/mol. The third-order valence-corrected chi connectivity index (χ3v) is 12.9. The fraction of sp³-hybridized carbons (Fsp3) is 0.302. The monoisotopic (exact) mass is 735 g/mol. The van der Waals surface area contributed by atoms with Gasteiger partial charge in [-0.1, -0.05) is 139 Å². The van der Waals surface area contributed by atoms with Crippen molar-refractivity contribution in [1.82, 2.24) is 4.57 Å². The molecule has 0 amide bonds. The molecule has 0 N–H and O–H groups in total. The molecule has 0 unspecified atom stereocenters. The average Bonchev–Trinajstić information content (AvgIpc) is 3.72. The maximum Gasteiger partial charge on any atom is 0.299 e. The Hall–Kier alpha value is -5.41. The quantitative estimate of drug-likeness (QED) is 0.149. The minimum Gasteiger partial charge on any atom is -0.454 e. The van der Waals surface area contributed by atoms with Crippen LogP contribution in [0.3, 0.4) is 0 Å². The first-order valence-electron chi connectivity index (χ1n) is 20.8. The van der Waals surface area contributed by atoms with Crippen LogP contribution in [0.4, 0.5) is 0 Å². The number of aryl methyl sites for hydroxylation is 2. The standard InChI is InChI=1S/C53H55N2O/c1-33(2)41-17-14-18-42(34(3)4)49(41)55-47-20-13-12-19-46(47)54(8)52(55)48-35(5)21-26-43-45-32-40(36-15-10-9-11-16-36)31-44(50(45)56-51(43)48)39-24-22-37(23-25-39)38-27-29-53(6,7)30-28-38/h9-26,31-34,38H,27-30H2,1-8H3/q+1. The Balaban J connectivity index is 1.32. The van der Waals surface area contributed by atoms with Crippen LogP contribution in [0.15, 0.2) is 126 Å².